The van der Waals surface area contributed by atoms with Crippen LogP contribution in [0.5, 0.6) is 0 Å². The van der Waals surface area contributed by atoms with Crippen LogP contribution in [-0.2, 0) is 0 Å². The lowest BCUT2D eigenvalue weighted by atomic mass is 9.76. The summed E-state index contributed by atoms with van der Waals surface area (Å²) in [4.78, 5) is 0.218. The first-order valence-electron chi connectivity index (χ1n) is 10.3. The zero-order chi connectivity index (χ0) is 20.8. The van der Waals surface area contributed by atoms with Gasteiger partial charge in [-0.25, -0.2) is 0 Å². The maximum absolute atomic E-state index is 3.81. The summed E-state index contributed by atoms with van der Waals surface area (Å²) in [6, 6.07) is 38.7. The van der Waals surface area contributed by atoms with Crippen LogP contribution < -0.4 is 0 Å². The van der Waals surface area contributed by atoms with Crippen LogP contribution in [0.2, 0.25) is 0 Å². The van der Waals surface area contributed by atoms with Gasteiger partial charge in [-0.15, -0.1) is 0 Å². The van der Waals surface area contributed by atoms with Gasteiger partial charge in [-0.2, -0.15) is 0 Å². The van der Waals surface area contributed by atoms with E-state index in [4.69, 9.17) is 0 Å². The minimum absolute atomic E-state index is 0.218. The van der Waals surface area contributed by atoms with Crippen LogP contribution in [0.15, 0.2) is 109 Å². The molecule has 0 heterocycles. The molecule has 0 N–H and O–H groups in total. The quantitative estimate of drug-likeness (QED) is 0.167. The molecule has 0 aromatic heterocycles. The van der Waals surface area contributed by atoms with E-state index in [9.17, 15) is 0 Å². The predicted octanol–water partition coefficient (Wildman–Crippen LogP) is 7.06. The molecule has 4 aromatic rings. The van der Waals surface area contributed by atoms with E-state index in [1.807, 2.05) is 6.07 Å². The molecule has 0 saturated carbocycles. The van der Waals surface area contributed by atoms with Crippen LogP contribution >= 0.6 is 15.9 Å². The molecular formula is C28H24BBr. The van der Waals surface area contributed by atoms with E-state index in [1.165, 1.54) is 33.4 Å². The molecule has 0 amide bonds. The van der Waals surface area contributed by atoms with Crippen molar-refractivity contribution in [2.45, 2.75) is 10.6 Å². The van der Waals surface area contributed by atoms with Gasteiger partial charge < -0.3 is 0 Å². The summed E-state index contributed by atoms with van der Waals surface area (Å²) < 4.78 is 0. The van der Waals surface area contributed by atoms with E-state index in [0.29, 0.717) is 5.82 Å². The summed E-state index contributed by atoms with van der Waals surface area (Å²) in [6.07, 6.45) is 4.35. The molecule has 2 atom stereocenters. The van der Waals surface area contributed by atoms with Crippen LogP contribution in [-0.4, -0.2) is 7.85 Å². The van der Waals surface area contributed by atoms with Gasteiger partial charge in [0.1, 0.15) is 7.85 Å². The Bertz CT molecular complexity index is 994. The first-order valence-corrected chi connectivity index (χ1v) is 11.2. The smallest absolute Gasteiger partial charge is 0.0786 e. The normalized spacial score (nSPS) is 13.2. The highest BCUT2D eigenvalue weighted by atomic mass is 79.9. The first kappa shape index (κ1) is 20.4. The highest BCUT2D eigenvalue weighted by molar-refractivity contribution is 9.09. The monoisotopic (exact) mass is 450 g/mol. The van der Waals surface area contributed by atoms with Crippen molar-refractivity contribution < 1.29 is 0 Å². The summed E-state index contributed by atoms with van der Waals surface area (Å²) in [5, 5.41) is 0. The van der Waals surface area contributed by atoms with E-state index in [2.05, 4.69) is 139 Å². The summed E-state index contributed by atoms with van der Waals surface area (Å²) in [5.41, 5.74) is 7.63. The highest BCUT2D eigenvalue weighted by Gasteiger charge is 2.09. The van der Waals surface area contributed by atoms with E-state index in [0.717, 1.165) is 0 Å². The Morgan fingerprint density at radius 2 is 0.867 bits per heavy atom. The Morgan fingerprint density at radius 3 is 1.37 bits per heavy atom. The van der Waals surface area contributed by atoms with Gasteiger partial charge >= 0.3 is 0 Å². The van der Waals surface area contributed by atoms with Crippen molar-refractivity contribution in [1.82, 2.24) is 0 Å². The van der Waals surface area contributed by atoms with Crippen molar-refractivity contribution in [3.63, 3.8) is 0 Å². The van der Waals surface area contributed by atoms with Gasteiger partial charge in [0.05, 0.1) is 4.83 Å². The minimum Gasteiger partial charge on any atom is -0.0786 e. The molecule has 30 heavy (non-hydrogen) atoms. The average Bonchev–Trinajstić information content (AvgIpc) is 2.83. The molecule has 0 aliphatic carbocycles. The number of rotatable bonds is 6. The Labute approximate surface area is 188 Å². The van der Waals surface area contributed by atoms with Crippen LogP contribution in [0.25, 0.3) is 12.2 Å². The van der Waals surface area contributed by atoms with Crippen molar-refractivity contribution in [3.8, 4) is 0 Å². The van der Waals surface area contributed by atoms with Crippen LogP contribution in [0.1, 0.15) is 44.0 Å². The molecular weight excluding hydrogens is 427 g/mol. The zero-order valence-corrected chi connectivity index (χ0v) is 18.7. The van der Waals surface area contributed by atoms with Crippen LogP contribution in [0.3, 0.4) is 0 Å². The van der Waals surface area contributed by atoms with E-state index < -0.39 is 0 Å². The molecule has 0 aliphatic heterocycles. The number of hydrogen-bond acceptors (Lipinski definition) is 0. The summed E-state index contributed by atoms with van der Waals surface area (Å²) >= 11 is 3.81. The molecule has 4 aromatic carbocycles. The van der Waals surface area contributed by atoms with Crippen molar-refractivity contribution in [2.75, 3.05) is 0 Å². The molecule has 0 fully saturated rings. The second kappa shape index (κ2) is 9.78. The number of hydrogen-bond donors (Lipinski definition) is 0. The van der Waals surface area contributed by atoms with Crippen molar-refractivity contribution in [3.05, 3.63) is 143 Å². The maximum Gasteiger partial charge on any atom is 0.116 e. The Kier molecular flexibility index (Phi) is 6.66. The fraction of sp³-hybridized carbons (Fsp3) is 0.0714. The van der Waals surface area contributed by atoms with Crippen molar-refractivity contribution >= 4 is 35.9 Å². The van der Waals surface area contributed by atoms with Gasteiger partial charge in [0.15, 0.2) is 0 Å². The Hall–Kier alpha value is -2.84. The van der Waals surface area contributed by atoms with Gasteiger partial charge in [0.2, 0.25) is 0 Å². The third-order valence-corrected chi connectivity index (χ3v) is 6.58. The molecule has 0 aliphatic rings. The molecule has 4 rings (SSSR count). The van der Waals surface area contributed by atoms with Gasteiger partial charge in [0, 0.05) is 0 Å². The second-order valence-electron chi connectivity index (χ2n) is 7.57. The van der Waals surface area contributed by atoms with Gasteiger partial charge in [0.25, 0.3) is 0 Å². The average molecular weight is 451 g/mol. The molecule has 0 radical (unpaired) electrons. The highest BCUT2D eigenvalue weighted by Crippen LogP contribution is 2.30. The summed E-state index contributed by atoms with van der Waals surface area (Å²) in [5.74, 6) is 0.401. The molecule has 0 nitrogen and oxygen atoms in total. The first-order chi connectivity index (χ1) is 14.7. The second-order valence-corrected chi connectivity index (χ2v) is 8.49. The number of halogens is 1. The minimum atomic E-state index is 0.218. The summed E-state index contributed by atoms with van der Waals surface area (Å²) in [6.45, 7) is 0. The van der Waals surface area contributed by atoms with Crippen LogP contribution in [0, 0.1) is 0 Å². The van der Waals surface area contributed by atoms with Gasteiger partial charge in [-0.05, 0) is 39.2 Å². The SMILES string of the molecule is BC(c1ccccc1)c1ccc(/C=C/c2ccc(C(Br)c3ccccc3)cc2)cc1. The fourth-order valence-electron chi connectivity index (χ4n) is 3.61. The van der Waals surface area contributed by atoms with Crippen molar-refractivity contribution in [1.29, 1.82) is 0 Å². The third-order valence-electron chi connectivity index (χ3n) is 5.53. The lowest BCUT2D eigenvalue weighted by Gasteiger charge is -2.12. The standard InChI is InChI=1S/C28H24BBr/c29-27(23-7-3-1-4-8-23)24-17-13-21(14-18-24)11-12-22-15-19-26(20-16-22)28(30)25-9-5-2-6-10-25/h1-20,27-28H,29H2/b12-11+. The topological polar surface area (TPSA) is 0 Å². The van der Waals surface area contributed by atoms with E-state index >= 15 is 0 Å². The Morgan fingerprint density at radius 1 is 0.500 bits per heavy atom. The van der Waals surface area contributed by atoms with Gasteiger partial charge in [-0.3, -0.25) is 0 Å². The lowest BCUT2D eigenvalue weighted by molar-refractivity contribution is 1.14. The molecule has 146 valence electrons. The van der Waals surface area contributed by atoms with Crippen LogP contribution in [0.4, 0.5) is 0 Å². The molecule has 2 heteroatoms. The van der Waals surface area contributed by atoms with E-state index in [1.54, 1.807) is 0 Å². The van der Waals surface area contributed by atoms with Crippen molar-refractivity contribution in [2.24, 2.45) is 0 Å². The van der Waals surface area contributed by atoms with Gasteiger partial charge in [-0.1, -0.05) is 137 Å². The molecule has 2 unspecified atom stereocenters. The molecule has 0 saturated heterocycles. The maximum atomic E-state index is 3.81. The van der Waals surface area contributed by atoms with E-state index in [-0.39, 0.29) is 4.83 Å². The molecule has 0 bridgehead atoms. The fourth-order valence-corrected chi connectivity index (χ4v) is 4.22. The number of benzene rings is 4. The third kappa shape index (κ3) is 5.01. The predicted molar refractivity (Wildman–Crippen MR) is 136 cm³/mol. The summed E-state index contributed by atoms with van der Waals surface area (Å²) in [7, 11) is 2.26. The zero-order valence-electron chi connectivity index (χ0n) is 17.1. The number of alkyl halides is 1. The molecule has 0 spiro atoms. The largest absolute Gasteiger partial charge is 0.116 e. The Balaban J connectivity index is 1.42. The lowest BCUT2D eigenvalue weighted by Crippen LogP contribution is -1.99.